The number of amides is 2. The van der Waals surface area contributed by atoms with Crippen molar-refractivity contribution in [1.29, 1.82) is 0 Å². The summed E-state index contributed by atoms with van der Waals surface area (Å²) in [6.45, 7) is 1.32. The maximum Gasteiger partial charge on any atom is 0.247 e. The second kappa shape index (κ2) is 7.00. The van der Waals surface area contributed by atoms with Crippen molar-refractivity contribution in [3.05, 3.63) is 28.2 Å². The van der Waals surface area contributed by atoms with Crippen LogP contribution in [0.3, 0.4) is 0 Å². The van der Waals surface area contributed by atoms with Crippen molar-refractivity contribution in [3.8, 4) is 0 Å². The van der Waals surface area contributed by atoms with Gasteiger partial charge in [-0.05, 0) is 31.0 Å². The van der Waals surface area contributed by atoms with Gasteiger partial charge in [-0.25, -0.2) is 8.42 Å². The van der Waals surface area contributed by atoms with Gasteiger partial charge in [-0.15, -0.1) is 0 Å². The van der Waals surface area contributed by atoms with Crippen LogP contribution in [0.1, 0.15) is 19.3 Å². The minimum atomic E-state index is -3.69. The molecular weight excluding hydrogens is 413 g/mol. The Kier molecular flexibility index (Phi) is 4.97. The number of piperazine rings is 1. The van der Waals surface area contributed by atoms with Crippen LogP contribution in [-0.2, 0) is 19.6 Å². The first-order chi connectivity index (χ1) is 12.8. The van der Waals surface area contributed by atoms with Crippen LogP contribution in [0, 0.1) is 0 Å². The lowest BCUT2D eigenvalue weighted by atomic mass is 10.2. The van der Waals surface area contributed by atoms with Gasteiger partial charge in [-0.1, -0.05) is 23.2 Å². The van der Waals surface area contributed by atoms with Crippen molar-refractivity contribution in [2.75, 3.05) is 26.2 Å². The number of nitrogens with zero attached hydrogens (tertiary/aromatic N) is 3. The molecule has 1 saturated carbocycles. The van der Waals surface area contributed by atoms with Crippen LogP contribution in [0.5, 0.6) is 0 Å². The van der Waals surface area contributed by atoms with E-state index in [1.54, 1.807) is 0 Å². The number of carbonyl (C=O) groups is 2. The number of halogens is 2. The highest BCUT2D eigenvalue weighted by atomic mass is 35.5. The third kappa shape index (κ3) is 3.49. The van der Waals surface area contributed by atoms with Gasteiger partial charge in [0.15, 0.2) is 0 Å². The van der Waals surface area contributed by atoms with E-state index in [1.165, 1.54) is 27.4 Å². The molecule has 2 amide bonds. The Morgan fingerprint density at radius 1 is 0.963 bits per heavy atom. The predicted molar refractivity (Wildman–Crippen MR) is 100 cm³/mol. The quantitative estimate of drug-likeness (QED) is 0.676. The van der Waals surface area contributed by atoms with Gasteiger partial charge >= 0.3 is 0 Å². The molecule has 10 heteroatoms. The summed E-state index contributed by atoms with van der Waals surface area (Å²) in [7, 11) is -3.69. The van der Waals surface area contributed by atoms with Crippen molar-refractivity contribution < 1.29 is 18.0 Å². The van der Waals surface area contributed by atoms with E-state index in [4.69, 9.17) is 23.2 Å². The third-order valence-electron chi connectivity index (χ3n) is 5.31. The van der Waals surface area contributed by atoms with E-state index in [0.29, 0.717) is 18.1 Å². The summed E-state index contributed by atoms with van der Waals surface area (Å²) < 4.78 is 27.0. The molecule has 0 N–H and O–H groups in total. The Morgan fingerprint density at radius 2 is 1.63 bits per heavy atom. The number of benzene rings is 1. The standard InChI is InChI=1S/C17H19Cl2N3O4S/c18-13-4-3-12(9-14(13)19)27(25,26)21-7-5-20(6-8-21)15-10-16(23)22(17(15)24)11-1-2-11/h3-4,9,11,15H,1-2,5-8,10H2/t15-/m1/s1. The molecule has 2 heterocycles. The van der Waals surface area contributed by atoms with E-state index < -0.39 is 16.1 Å². The predicted octanol–water partition coefficient (Wildman–Crippen LogP) is 1.59. The van der Waals surface area contributed by atoms with Gasteiger partial charge < -0.3 is 0 Å². The van der Waals surface area contributed by atoms with Crippen LogP contribution in [0.4, 0.5) is 0 Å². The van der Waals surface area contributed by atoms with Gasteiger partial charge in [-0.3, -0.25) is 19.4 Å². The zero-order valence-electron chi connectivity index (χ0n) is 14.5. The second-order valence-electron chi connectivity index (χ2n) is 7.07. The number of carbonyl (C=O) groups excluding carboxylic acids is 2. The van der Waals surface area contributed by atoms with Crippen LogP contribution in [0.25, 0.3) is 0 Å². The number of likely N-dealkylation sites (tertiary alicyclic amines) is 1. The molecule has 3 fully saturated rings. The van der Waals surface area contributed by atoms with Crippen molar-refractivity contribution in [3.63, 3.8) is 0 Å². The molecule has 0 unspecified atom stereocenters. The maximum absolute atomic E-state index is 12.8. The molecule has 0 bridgehead atoms. The van der Waals surface area contributed by atoms with E-state index in [2.05, 4.69) is 0 Å². The van der Waals surface area contributed by atoms with Crippen molar-refractivity contribution >= 4 is 45.0 Å². The smallest absolute Gasteiger partial charge is 0.247 e. The van der Waals surface area contributed by atoms with Crippen LogP contribution in [0.15, 0.2) is 23.1 Å². The summed E-state index contributed by atoms with van der Waals surface area (Å²) in [6, 6.07) is 3.85. The Hall–Kier alpha value is -1.19. The lowest BCUT2D eigenvalue weighted by molar-refractivity contribution is -0.140. The molecule has 4 rings (SSSR count). The third-order valence-corrected chi connectivity index (χ3v) is 7.95. The van der Waals surface area contributed by atoms with Gasteiger partial charge in [0.2, 0.25) is 21.8 Å². The Bertz CT molecular complexity index is 895. The molecule has 2 aliphatic heterocycles. The fourth-order valence-electron chi connectivity index (χ4n) is 3.68. The molecule has 1 aliphatic carbocycles. The van der Waals surface area contributed by atoms with Gasteiger partial charge in [0.05, 0.1) is 27.4 Å². The van der Waals surface area contributed by atoms with Crippen LogP contribution in [-0.4, -0.2) is 72.6 Å². The second-order valence-corrected chi connectivity index (χ2v) is 9.82. The fraction of sp³-hybridized carbons (Fsp3) is 0.529. The molecule has 1 aromatic carbocycles. The van der Waals surface area contributed by atoms with E-state index in [0.717, 1.165) is 12.8 Å². The zero-order valence-corrected chi connectivity index (χ0v) is 16.8. The lowest BCUT2D eigenvalue weighted by Crippen LogP contribution is -2.53. The van der Waals surface area contributed by atoms with Crippen LogP contribution >= 0.6 is 23.2 Å². The average molecular weight is 432 g/mol. The van der Waals surface area contributed by atoms with Crippen LogP contribution in [0.2, 0.25) is 10.0 Å². The first-order valence-corrected chi connectivity index (χ1v) is 11.0. The summed E-state index contributed by atoms with van der Waals surface area (Å²) in [6.07, 6.45) is 1.97. The normalized spacial score (nSPS) is 25.4. The summed E-state index contributed by atoms with van der Waals surface area (Å²) >= 11 is 11.8. The summed E-state index contributed by atoms with van der Waals surface area (Å²) in [4.78, 5) is 28.1. The molecule has 0 spiro atoms. The maximum atomic E-state index is 12.8. The van der Waals surface area contributed by atoms with Crippen LogP contribution < -0.4 is 0 Å². The molecular formula is C17H19Cl2N3O4S. The largest absolute Gasteiger partial charge is 0.289 e. The highest BCUT2D eigenvalue weighted by Crippen LogP contribution is 2.33. The first kappa shape index (κ1) is 19.1. The van der Waals surface area contributed by atoms with Gasteiger partial charge in [0.1, 0.15) is 0 Å². The number of imide groups is 1. The number of hydrogen-bond donors (Lipinski definition) is 0. The minimum absolute atomic E-state index is 0.0753. The van der Waals surface area contributed by atoms with Gasteiger partial charge in [0.25, 0.3) is 0 Å². The zero-order chi connectivity index (χ0) is 19.3. The highest BCUT2D eigenvalue weighted by Gasteiger charge is 2.48. The minimum Gasteiger partial charge on any atom is -0.289 e. The SMILES string of the molecule is O=C1C[C@@H](N2CCN(S(=O)(=O)c3ccc(Cl)c(Cl)c3)CC2)C(=O)N1C1CC1. The molecule has 146 valence electrons. The van der Waals surface area contributed by atoms with Crippen molar-refractivity contribution in [1.82, 2.24) is 14.1 Å². The van der Waals surface area contributed by atoms with Crippen molar-refractivity contribution in [2.45, 2.75) is 36.2 Å². The number of hydrogen-bond acceptors (Lipinski definition) is 5. The molecule has 1 aromatic rings. The molecule has 0 aromatic heterocycles. The molecule has 27 heavy (non-hydrogen) atoms. The highest BCUT2D eigenvalue weighted by molar-refractivity contribution is 7.89. The molecule has 0 radical (unpaired) electrons. The fourth-order valence-corrected chi connectivity index (χ4v) is 5.49. The van der Waals surface area contributed by atoms with Gasteiger partial charge in [-0.2, -0.15) is 4.31 Å². The summed E-state index contributed by atoms with van der Waals surface area (Å²) in [5.41, 5.74) is 0. The van der Waals surface area contributed by atoms with E-state index >= 15 is 0 Å². The molecule has 1 atom stereocenters. The Morgan fingerprint density at radius 3 is 2.22 bits per heavy atom. The van der Waals surface area contributed by atoms with Crippen molar-refractivity contribution in [2.24, 2.45) is 0 Å². The Balaban J connectivity index is 1.43. The van der Waals surface area contributed by atoms with E-state index in [1.807, 2.05) is 4.90 Å². The first-order valence-electron chi connectivity index (χ1n) is 8.84. The molecule has 7 nitrogen and oxygen atoms in total. The molecule has 3 aliphatic rings. The number of sulfonamides is 1. The van der Waals surface area contributed by atoms with E-state index in [-0.39, 0.29) is 47.3 Å². The van der Waals surface area contributed by atoms with Gasteiger partial charge in [0, 0.05) is 32.2 Å². The summed E-state index contributed by atoms with van der Waals surface area (Å²) in [5.74, 6) is -0.248. The topological polar surface area (TPSA) is 78.0 Å². The Labute approximate surface area is 167 Å². The number of rotatable bonds is 4. The lowest BCUT2D eigenvalue weighted by Gasteiger charge is -2.36. The monoisotopic (exact) mass is 431 g/mol. The molecule has 2 saturated heterocycles. The summed E-state index contributed by atoms with van der Waals surface area (Å²) in [5, 5.41) is 0.483. The van der Waals surface area contributed by atoms with E-state index in [9.17, 15) is 18.0 Å². The average Bonchev–Trinajstić information content (AvgIpc) is 3.42.